The molecule has 0 saturated heterocycles. The normalized spacial score (nSPS) is 10.2. The van der Waals surface area contributed by atoms with Crippen LogP contribution in [-0.2, 0) is 4.79 Å². The standard InChI is InChI=1S/C20H16F2N4O2/c1-12(27)24-14-3-5-15(6-4-14)25-19-9-7-16(11-23-19)26-20(28)13-2-8-17(21)18(22)10-13/h2-11H,1H3,(H,23,25)(H,24,27)(H,26,28). The molecule has 0 radical (unpaired) electrons. The van der Waals surface area contributed by atoms with Gasteiger partial charge in [0.1, 0.15) is 5.82 Å². The van der Waals surface area contributed by atoms with Gasteiger partial charge in [-0.2, -0.15) is 0 Å². The minimum atomic E-state index is -1.09. The Hall–Kier alpha value is -3.81. The Bertz CT molecular complexity index is 1010. The van der Waals surface area contributed by atoms with E-state index in [0.29, 0.717) is 17.2 Å². The van der Waals surface area contributed by atoms with Gasteiger partial charge < -0.3 is 16.0 Å². The van der Waals surface area contributed by atoms with Gasteiger partial charge in [0, 0.05) is 23.9 Å². The first-order valence-electron chi connectivity index (χ1n) is 8.28. The van der Waals surface area contributed by atoms with E-state index in [0.717, 1.165) is 17.8 Å². The number of aromatic nitrogens is 1. The molecule has 142 valence electrons. The summed E-state index contributed by atoms with van der Waals surface area (Å²) in [5, 5.41) is 8.32. The highest BCUT2D eigenvalue weighted by Gasteiger charge is 2.10. The van der Waals surface area contributed by atoms with E-state index in [1.165, 1.54) is 19.2 Å². The van der Waals surface area contributed by atoms with Crippen molar-refractivity contribution in [1.82, 2.24) is 4.98 Å². The minimum Gasteiger partial charge on any atom is -0.340 e. The zero-order valence-corrected chi connectivity index (χ0v) is 14.8. The van der Waals surface area contributed by atoms with Gasteiger partial charge in [0.2, 0.25) is 5.91 Å². The first kappa shape index (κ1) is 19.0. The van der Waals surface area contributed by atoms with Gasteiger partial charge in [0.25, 0.3) is 5.91 Å². The first-order chi connectivity index (χ1) is 13.4. The molecule has 0 aliphatic heterocycles. The van der Waals surface area contributed by atoms with Crippen molar-refractivity contribution < 1.29 is 18.4 Å². The molecule has 0 saturated carbocycles. The number of nitrogens with one attached hydrogen (secondary N) is 3. The molecular weight excluding hydrogens is 366 g/mol. The van der Waals surface area contributed by atoms with Crippen LogP contribution in [0, 0.1) is 11.6 Å². The molecule has 0 unspecified atom stereocenters. The third kappa shape index (κ3) is 4.88. The lowest BCUT2D eigenvalue weighted by atomic mass is 10.2. The molecule has 3 aromatic rings. The van der Waals surface area contributed by atoms with Gasteiger partial charge in [0.15, 0.2) is 11.6 Å². The van der Waals surface area contributed by atoms with Crippen molar-refractivity contribution in [2.75, 3.05) is 16.0 Å². The maximum Gasteiger partial charge on any atom is 0.255 e. The lowest BCUT2D eigenvalue weighted by Crippen LogP contribution is -2.12. The summed E-state index contributed by atoms with van der Waals surface area (Å²) in [4.78, 5) is 27.3. The Morgan fingerprint density at radius 2 is 1.50 bits per heavy atom. The molecule has 2 amide bonds. The SMILES string of the molecule is CC(=O)Nc1ccc(Nc2ccc(NC(=O)c3ccc(F)c(F)c3)cn2)cc1. The van der Waals surface area contributed by atoms with Crippen LogP contribution in [0.2, 0.25) is 0 Å². The lowest BCUT2D eigenvalue weighted by molar-refractivity contribution is -0.114. The summed E-state index contributed by atoms with van der Waals surface area (Å²) in [5.41, 5.74) is 1.85. The third-order valence-electron chi connectivity index (χ3n) is 3.68. The Balaban J connectivity index is 1.62. The van der Waals surface area contributed by atoms with Crippen molar-refractivity contribution in [3.8, 4) is 0 Å². The average Bonchev–Trinajstić information content (AvgIpc) is 2.66. The Morgan fingerprint density at radius 1 is 0.821 bits per heavy atom. The van der Waals surface area contributed by atoms with Gasteiger partial charge in [-0.15, -0.1) is 0 Å². The van der Waals surface area contributed by atoms with E-state index in [9.17, 15) is 18.4 Å². The van der Waals surface area contributed by atoms with E-state index in [-0.39, 0.29) is 11.5 Å². The van der Waals surface area contributed by atoms with Crippen molar-refractivity contribution in [3.05, 3.63) is 78.0 Å². The largest absolute Gasteiger partial charge is 0.340 e. The van der Waals surface area contributed by atoms with Crippen LogP contribution < -0.4 is 16.0 Å². The maximum absolute atomic E-state index is 13.2. The lowest BCUT2D eigenvalue weighted by Gasteiger charge is -2.09. The van der Waals surface area contributed by atoms with Crippen molar-refractivity contribution in [2.24, 2.45) is 0 Å². The van der Waals surface area contributed by atoms with Crippen LogP contribution >= 0.6 is 0 Å². The quantitative estimate of drug-likeness (QED) is 0.614. The molecule has 0 bridgehead atoms. The third-order valence-corrected chi connectivity index (χ3v) is 3.68. The number of pyridine rings is 1. The summed E-state index contributed by atoms with van der Waals surface area (Å²) in [7, 11) is 0. The van der Waals surface area contributed by atoms with Crippen LogP contribution in [0.4, 0.5) is 31.7 Å². The van der Waals surface area contributed by atoms with Gasteiger partial charge in [-0.05, 0) is 54.6 Å². The van der Waals surface area contributed by atoms with Crippen molar-refractivity contribution >= 4 is 34.7 Å². The van der Waals surface area contributed by atoms with Crippen LogP contribution in [0.3, 0.4) is 0 Å². The van der Waals surface area contributed by atoms with E-state index >= 15 is 0 Å². The Kier molecular flexibility index (Phi) is 5.59. The fourth-order valence-electron chi connectivity index (χ4n) is 2.37. The van der Waals surface area contributed by atoms with E-state index in [1.54, 1.807) is 36.4 Å². The number of hydrogen-bond acceptors (Lipinski definition) is 4. The molecule has 8 heteroatoms. The fraction of sp³-hybridized carbons (Fsp3) is 0.0500. The average molecular weight is 382 g/mol. The molecule has 3 N–H and O–H groups in total. The van der Waals surface area contributed by atoms with Gasteiger partial charge in [-0.25, -0.2) is 13.8 Å². The number of hydrogen-bond donors (Lipinski definition) is 3. The van der Waals surface area contributed by atoms with Crippen molar-refractivity contribution in [3.63, 3.8) is 0 Å². The predicted octanol–water partition coefficient (Wildman–Crippen LogP) is 4.31. The summed E-state index contributed by atoms with van der Waals surface area (Å²) < 4.78 is 26.2. The van der Waals surface area contributed by atoms with E-state index < -0.39 is 17.5 Å². The number of rotatable bonds is 5. The molecule has 28 heavy (non-hydrogen) atoms. The fourth-order valence-corrected chi connectivity index (χ4v) is 2.37. The molecule has 3 rings (SSSR count). The topological polar surface area (TPSA) is 83.1 Å². The van der Waals surface area contributed by atoms with E-state index in [2.05, 4.69) is 20.9 Å². The molecular formula is C20H16F2N4O2. The predicted molar refractivity (Wildman–Crippen MR) is 103 cm³/mol. The van der Waals surface area contributed by atoms with Crippen LogP contribution in [0.15, 0.2) is 60.8 Å². The second-order valence-corrected chi connectivity index (χ2v) is 5.90. The minimum absolute atomic E-state index is 0.000335. The van der Waals surface area contributed by atoms with Gasteiger partial charge in [0.05, 0.1) is 11.9 Å². The second kappa shape index (κ2) is 8.26. The summed E-state index contributed by atoms with van der Waals surface area (Å²) >= 11 is 0. The number of halogens is 2. The molecule has 2 aromatic carbocycles. The van der Waals surface area contributed by atoms with Crippen molar-refractivity contribution in [2.45, 2.75) is 6.92 Å². The molecule has 0 aliphatic rings. The monoisotopic (exact) mass is 382 g/mol. The van der Waals surface area contributed by atoms with Crippen LogP contribution in [0.1, 0.15) is 17.3 Å². The summed E-state index contributed by atoms with van der Waals surface area (Å²) in [6.07, 6.45) is 1.44. The number of benzene rings is 2. The van der Waals surface area contributed by atoms with Gasteiger partial charge in [-0.1, -0.05) is 0 Å². The van der Waals surface area contributed by atoms with Crippen LogP contribution in [0.5, 0.6) is 0 Å². The smallest absolute Gasteiger partial charge is 0.255 e. The summed E-state index contributed by atoms with van der Waals surface area (Å²) in [6.45, 7) is 1.43. The zero-order chi connectivity index (χ0) is 20.1. The van der Waals surface area contributed by atoms with E-state index in [4.69, 9.17) is 0 Å². The van der Waals surface area contributed by atoms with Crippen LogP contribution in [0.25, 0.3) is 0 Å². The highest BCUT2D eigenvalue weighted by Crippen LogP contribution is 2.19. The highest BCUT2D eigenvalue weighted by molar-refractivity contribution is 6.04. The molecule has 0 aliphatic carbocycles. The van der Waals surface area contributed by atoms with Crippen LogP contribution in [-0.4, -0.2) is 16.8 Å². The molecule has 1 heterocycles. The number of carbonyl (C=O) groups excluding carboxylic acids is 2. The zero-order valence-electron chi connectivity index (χ0n) is 14.8. The molecule has 0 fully saturated rings. The van der Waals surface area contributed by atoms with E-state index in [1.807, 2.05) is 0 Å². The van der Waals surface area contributed by atoms with Gasteiger partial charge >= 0.3 is 0 Å². The Labute approximate surface area is 159 Å². The second-order valence-electron chi connectivity index (χ2n) is 5.90. The first-order valence-corrected chi connectivity index (χ1v) is 8.28. The van der Waals surface area contributed by atoms with Crippen molar-refractivity contribution in [1.29, 1.82) is 0 Å². The molecule has 0 spiro atoms. The highest BCUT2D eigenvalue weighted by atomic mass is 19.2. The molecule has 6 nitrogen and oxygen atoms in total. The Morgan fingerprint density at radius 3 is 2.11 bits per heavy atom. The number of carbonyl (C=O) groups is 2. The maximum atomic E-state index is 13.2. The summed E-state index contributed by atoms with van der Waals surface area (Å²) in [6, 6.07) is 13.3. The number of nitrogens with zero attached hydrogens (tertiary/aromatic N) is 1. The summed E-state index contributed by atoms with van der Waals surface area (Å²) in [5.74, 6) is -2.29. The number of anilines is 4. The molecule has 1 aromatic heterocycles. The molecule has 0 atom stereocenters. The number of amides is 2. The van der Waals surface area contributed by atoms with Gasteiger partial charge in [-0.3, -0.25) is 9.59 Å².